The number of carbonyl (C=O) groups is 1. The molecule has 0 radical (unpaired) electrons. The molecule has 0 spiro atoms. The van der Waals surface area contributed by atoms with Gasteiger partial charge in [0.25, 0.3) is 0 Å². The van der Waals surface area contributed by atoms with Crippen LogP contribution in [0.4, 0.5) is 0 Å². The molecule has 33 heavy (non-hydrogen) atoms. The zero-order valence-corrected chi connectivity index (χ0v) is 23.1. The van der Waals surface area contributed by atoms with E-state index in [0.717, 1.165) is 75.9 Å². The first-order valence-corrected chi connectivity index (χ1v) is 11.7. The molecule has 186 valence electrons. The highest BCUT2D eigenvalue weighted by atomic mass is 127. The van der Waals surface area contributed by atoms with Crippen LogP contribution < -0.4 is 10.1 Å². The fourth-order valence-electron chi connectivity index (χ4n) is 4.71. The Morgan fingerprint density at radius 2 is 1.73 bits per heavy atom. The number of hydrogen-bond acceptors (Lipinski definition) is 5. The Hall–Kier alpha value is -1.59. The Morgan fingerprint density at radius 3 is 2.30 bits per heavy atom. The number of aliphatic imine (C=N–C) groups is 1. The van der Waals surface area contributed by atoms with Gasteiger partial charge in [0.15, 0.2) is 5.96 Å². The molecule has 2 aliphatic rings. The molecule has 0 bridgehead atoms. The van der Waals surface area contributed by atoms with Gasteiger partial charge in [-0.3, -0.25) is 14.7 Å². The van der Waals surface area contributed by atoms with Crippen molar-refractivity contribution in [3.63, 3.8) is 0 Å². The number of benzene rings is 1. The lowest BCUT2D eigenvalue weighted by Gasteiger charge is -2.40. The molecule has 2 aliphatic heterocycles. The highest BCUT2D eigenvalue weighted by Gasteiger charge is 2.30. The summed E-state index contributed by atoms with van der Waals surface area (Å²) in [5.74, 6) is 2.09. The van der Waals surface area contributed by atoms with Gasteiger partial charge in [0.2, 0.25) is 5.91 Å². The fourth-order valence-corrected chi connectivity index (χ4v) is 4.71. The van der Waals surface area contributed by atoms with E-state index in [1.807, 2.05) is 30.1 Å². The lowest BCUT2D eigenvalue weighted by atomic mass is 10.0. The van der Waals surface area contributed by atoms with Gasteiger partial charge < -0.3 is 24.8 Å². The summed E-state index contributed by atoms with van der Waals surface area (Å²) in [5, 5.41) is 3.57. The van der Waals surface area contributed by atoms with Crippen LogP contribution in [-0.2, 0) is 4.79 Å². The van der Waals surface area contributed by atoms with Crippen LogP contribution in [0.3, 0.4) is 0 Å². The molecule has 2 unspecified atom stereocenters. The van der Waals surface area contributed by atoms with Crippen LogP contribution in [0.1, 0.15) is 31.4 Å². The maximum atomic E-state index is 12.8. The maximum Gasteiger partial charge on any atom is 0.239 e. The van der Waals surface area contributed by atoms with Crippen molar-refractivity contribution >= 4 is 35.8 Å². The summed E-state index contributed by atoms with van der Waals surface area (Å²) in [6.45, 7) is 8.06. The number of para-hydroxylation sites is 1. The van der Waals surface area contributed by atoms with Crippen molar-refractivity contribution in [1.29, 1.82) is 0 Å². The lowest BCUT2D eigenvalue weighted by Crippen LogP contribution is -2.57. The van der Waals surface area contributed by atoms with Crippen LogP contribution in [0, 0.1) is 0 Å². The van der Waals surface area contributed by atoms with E-state index in [-0.39, 0.29) is 42.0 Å². The average molecular weight is 573 g/mol. The quantitative estimate of drug-likeness (QED) is 0.307. The van der Waals surface area contributed by atoms with Crippen molar-refractivity contribution < 1.29 is 9.53 Å². The largest absolute Gasteiger partial charge is 0.496 e. The molecule has 8 nitrogen and oxygen atoms in total. The van der Waals surface area contributed by atoms with Gasteiger partial charge in [0.1, 0.15) is 5.75 Å². The van der Waals surface area contributed by atoms with Crippen LogP contribution in [0.5, 0.6) is 5.75 Å². The number of likely N-dealkylation sites (tertiary alicyclic amines) is 1. The molecule has 1 N–H and O–H groups in total. The third kappa shape index (κ3) is 6.95. The zero-order chi connectivity index (χ0) is 23.1. The number of nitrogens with zero attached hydrogens (tertiary/aromatic N) is 5. The molecular formula is C24H41IN6O2. The van der Waals surface area contributed by atoms with Gasteiger partial charge in [0.05, 0.1) is 19.2 Å². The van der Waals surface area contributed by atoms with Gasteiger partial charge in [0, 0.05) is 58.4 Å². The molecule has 0 aromatic heterocycles. The molecule has 0 saturated carbocycles. The van der Waals surface area contributed by atoms with E-state index in [1.54, 1.807) is 7.11 Å². The normalized spacial score (nSPS) is 19.3. The summed E-state index contributed by atoms with van der Waals surface area (Å²) in [6, 6.07) is 8.27. The number of piperazine rings is 1. The minimum atomic E-state index is -0.0473. The first kappa shape index (κ1) is 27.7. The number of halogens is 1. The number of guanidine groups is 1. The number of carbonyl (C=O) groups excluding carboxylic acids is 1. The van der Waals surface area contributed by atoms with Crippen LogP contribution in [0.2, 0.25) is 0 Å². The monoisotopic (exact) mass is 572 g/mol. The molecule has 1 amide bonds. The fraction of sp³-hybridized carbons (Fsp3) is 0.667. The van der Waals surface area contributed by atoms with Crippen molar-refractivity contribution in [2.24, 2.45) is 4.99 Å². The van der Waals surface area contributed by atoms with Gasteiger partial charge in [-0.1, -0.05) is 18.2 Å². The van der Waals surface area contributed by atoms with Gasteiger partial charge in [-0.15, -0.1) is 24.0 Å². The third-order valence-electron chi connectivity index (χ3n) is 6.72. The second-order valence-corrected chi connectivity index (χ2v) is 8.88. The van der Waals surface area contributed by atoms with Crippen LogP contribution in [0.15, 0.2) is 29.3 Å². The highest BCUT2D eigenvalue weighted by molar-refractivity contribution is 14.0. The molecule has 2 atom stereocenters. The molecule has 0 aliphatic carbocycles. The first-order chi connectivity index (χ1) is 15.5. The van der Waals surface area contributed by atoms with Crippen molar-refractivity contribution in [2.45, 2.75) is 31.8 Å². The van der Waals surface area contributed by atoms with E-state index in [2.05, 4.69) is 52.1 Å². The number of methoxy groups -OCH3 is 1. The Balaban J connectivity index is 0.00000385. The van der Waals surface area contributed by atoms with Gasteiger partial charge in [-0.05, 0) is 39.9 Å². The lowest BCUT2D eigenvalue weighted by molar-refractivity contribution is -0.135. The molecule has 2 heterocycles. The van der Waals surface area contributed by atoms with Crippen molar-refractivity contribution in [1.82, 2.24) is 24.9 Å². The number of rotatable bonds is 7. The zero-order valence-electron chi connectivity index (χ0n) is 20.8. The number of amides is 1. The maximum absolute atomic E-state index is 12.8. The highest BCUT2D eigenvalue weighted by Crippen LogP contribution is 2.27. The Kier molecular flexibility index (Phi) is 11.2. The van der Waals surface area contributed by atoms with Crippen LogP contribution in [-0.4, -0.2) is 112 Å². The van der Waals surface area contributed by atoms with E-state index < -0.39 is 0 Å². The minimum absolute atomic E-state index is 0. The predicted octanol–water partition coefficient (Wildman–Crippen LogP) is 2.12. The summed E-state index contributed by atoms with van der Waals surface area (Å²) >= 11 is 0. The summed E-state index contributed by atoms with van der Waals surface area (Å²) in [6.07, 6.45) is 2.27. The number of likely N-dealkylation sites (N-methyl/N-ethyl adjacent to an activating group) is 1. The summed E-state index contributed by atoms with van der Waals surface area (Å²) in [4.78, 5) is 26.1. The first-order valence-electron chi connectivity index (χ1n) is 11.7. The molecular weight excluding hydrogens is 531 g/mol. The summed E-state index contributed by atoms with van der Waals surface area (Å²) in [5.41, 5.74) is 1.15. The summed E-state index contributed by atoms with van der Waals surface area (Å²) < 4.78 is 5.58. The molecule has 2 saturated heterocycles. The Morgan fingerprint density at radius 1 is 1.09 bits per heavy atom. The number of ether oxygens (including phenoxy) is 1. The van der Waals surface area contributed by atoms with Gasteiger partial charge in [-0.2, -0.15) is 0 Å². The number of hydrogen-bond donors (Lipinski definition) is 1. The average Bonchev–Trinajstić information content (AvgIpc) is 3.36. The van der Waals surface area contributed by atoms with Crippen molar-refractivity contribution in [3.05, 3.63) is 29.8 Å². The molecule has 9 heteroatoms. The van der Waals surface area contributed by atoms with E-state index >= 15 is 0 Å². The SMILES string of the molecule is CN=C(NCC(c1ccccc1OC)N(C)C)N1CCN(C(C)C(=O)N2CCCC2)CC1.I. The molecule has 3 rings (SSSR count). The van der Waals surface area contributed by atoms with Crippen LogP contribution >= 0.6 is 24.0 Å². The standard InChI is InChI=1S/C24H40N6O2.HI/c1-19(23(31)29-12-8-9-13-29)28-14-16-30(17-15-28)24(25-2)26-18-21(27(3)4)20-10-6-7-11-22(20)32-5;/h6-7,10-11,19,21H,8-9,12-18H2,1-5H3,(H,25,26);1H. The Bertz CT molecular complexity index is 776. The van der Waals surface area contributed by atoms with E-state index in [0.29, 0.717) is 0 Å². The minimum Gasteiger partial charge on any atom is -0.496 e. The second-order valence-electron chi connectivity index (χ2n) is 8.88. The van der Waals surface area contributed by atoms with Gasteiger partial charge in [-0.25, -0.2) is 0 Å². The molecule has 1 aromatic carbocycles. The van der Waals surface area contributed by atoms with Crippen molar-refractivity contribution in [3.8, 4) is 5.75 Å². The van der Waals surface area contributed by atoms with E-state index in [4.69, 9.17) is 4.74 Å². The number of nitrogens with one attached hydrogen (secondary N) is 1. The van der Waals surface area contributed by atoms with Crippen molar-refractivity contribution in [2.75, 3.05) is 74.1 Å². The smallest absolute Gasteiger partial charge is 0.239 e. The Labute approximate surface area is 216 Å². The summed E-state index contributed by atoms with van der Waals surface area (Å²) in [7, 11) is 7.72. The predicted molar refractivity (Wildman–Crippen MR) is 145 cm³/mol. The van der Waals surface area contributed by atoms with Gasteiger partial charge >= 0.3 is 0 Å². The van der Waals surface area contributed by atoms with E-state index in [9.17, 15) is 4.79 Å². The van der Waals surface area contributed by atoms with E-state index in [1.165, 1.54) is 0 Å². The third-order valence-corrected chi connectivity index (χ3v) is 6.72. The molecule has 1 aromatic rings. The second kappa shape index (κ2) is 13.3. The van der Waals surface area contributed by atoms with Crippen LogP contribution in [0.25, 0.3) is 0 Å². The topological polar surface area (TPSA) is 63.7 Å². The molecule has 2 fully saturated rings.